The van der Waals surface area contributed by atoms with E-state index < -0.39 is 24.7 Å². The molecular weight excluding hydrogens is 278 g/mol. The van der Waals surface area contributed by atoms with E-state index in [1.54, 1.807) is 38.3 Å². The molecule has 6 heteroatoms. The van der Waals surface area contributed by atoms with E-state index in [1.165, 1.54) is 4.90 Å². The molecule has 21 heavy (non-hydrogen) atoms. The SMILES string of the molecule is CCC1(C)NC(c2ccc(OC)cc2)N(CC(F)F)C1=O. The molecule has 1 amide bonds. The molecule has 4 nitrogen and oxygen atoms in total. The van der Waals surface area contributed by atoms with Crippen LogP contribution in [0.15, 0.2) is 24.3 Å². The van der Waals surface area contributed by atoms with Crippen LogP contribution in [-0.2, 0) is 4.79 Å². The second-order valence-corrected chi connectivity index (χ2v) is 5.35. The van der Waals surface area contributed by atoms with Crippen LogP contribution in [0.2, 0.25) is 0 Å². The highest BCUT2D eigenvalue weighted by Crippen LogP contribution is 2.33. The van der Waals surface area contributed by atoms with Crippen LogP contribution in [0.4, 0.5) is 8.78 Å². The molecule has 0 saturated carbocycles. The van der Waals surface area contributed by atoms with Gasteiger partial charge in [0.1, 0.15) is 11.9 Å². The molecule has 0 bridgehead atoms. The lowest BCUT2D eigenvalue weighted by atomic mass is 9.99. The Morgan fingerprint density at radius 1 is 1.38 bits per heavy atom. The maximum absolute atomic E-state index is 12.8. The Kier molecular flexibility index (Phi) is 4.46. The molecule has 1 saturated heterocycles. The first-order valence-corrected chi connectivity index (χ1v) is 6.92. The highest BCUT2D eigenvalue weighted by atomic mass is 19.3. The van der Waals surface area contributed by atoms with Crippen LogP contribution < -0.4 is 10.1 Å². The number of ether oxygens (including phenoxy) is 1. The lowest BCUT2D eigenvalue weighted by Crippen LogP contribution is -2.43. The number of benzene rings is 1. The third-order valence-electron chi connectivity index (χ3n) is 3.97. The molecule has 1 aromatic carbocycles. The topological polar surface area (TPSA) is 41.6 Å². The highest BCUT2D eigenvalue weighted by molar-refractivity contribution is 5.88. The molecule has 1 fully saturated rings. The number of nitrogens with zero attached hydrogens (tertiary/aromatic N) is 1. The Balaban J connectivity index is 2.31. The fraction of sp³-hybridized carbons (Fsp3) is 0.533. The molecule has 1 aliphatic rings. The van der Waals surface area contributed by atoms with Crippen molar-refractivity contribution in [1.82, 2.24) is 10.2 Å². The summed E-state index contributed by atoms with van der Waals surface area (Å²) >= 11 is 0. The van der Waals surface area contributed by atoms with Crippen molar-refractivity contribution in [2.45, 2.75) is 38.4 Å². The van der Waals surface area contributed by atoms with Crippen LogP contribution in [0.3, 0.4) is 0 Å². The van der Waals surface area contributed by atoms with Gasteiger partial charge in [-0.2, -0.15) is 0 Å². The summed E-state index contributed by atoms with van der Waals surface area (Å²) in [5, 5.41) is 3.18. The molecule has 0 aromatic heterocycles. The number of nitrogens with one attached hydrogen (secondary N) is 1. The number of carbonyl (C=O) groups is 1. The van der Waals surface area contributed by atoms with E-state index in [-0.39, 0.29) is 5.91 Å². The highest BCUT2D eigenvalue weighted by Gasteiger charge is 2.47. The first kappa shape index (κ1) is 15.7. The molecule has 0 radical (unpaired) electrons. The minimum atomic E-state index is -2.56. The maximum Gasteiger partial charge on any atom is 0.255 e. The molecule has 2 atom stereocenters. The number of rotatable bonds is 5. The van der Waals surface area contributed by atoms with Gasteiger partial charge in [-0.05, 0) is 31.0 Å². The number of methoxy groups -OCH3 is 1. The van der Waals surface area contributed by atoms with Gasteiger partial charge < -0.3 is 9.64 Å². The van der Waals surface area contributed by atoms with Gasteiger partial charge in [-0.3, -0.25) is 10.1 Å². The van der Waals surface area contributed by atoms with Crippen LogP contribution in [0.25, 0.3) is 0 Å². The van der Waals surface area contributed by atoms with E-state index in [9.17, 15) is 13.6 Å². The van der Waals surface area contributed by atoms with Crippen molar-refractivity contribution in [3.8, 4) is 5.75 Å². The van der Waals surface area contributed by atoms with E-state index in [0.29, 0.717) is 12.2 Å². The Bertz CT molecular complexity index is 507. The molecule has 0 aliphatic carbocycles. The summed E-state index contributed by atoms with van der Waals surface area (Å²) in [4.78, 5) is 13.6. The summed E-state index contributed by atoms with van der Waals surface area (Å²) in [6, 6.07) is 7.07. The zero-order chi connectivity index (χ0) is 15.6. The average Bonchev–Trinajstić information content (AvgIpc) is 2.73. The second kappa shape index (κ2) is 5.97. The monoisotopic (exact) mass is 298 g/mol. The van der Waals surface area contributed by atoms with Crippen LogP contribution >= 0.6 is 0 Å². The molecule has 2 unspecified atom stereocenters. The Labute approximate surface area is 123 Å². The molecule has 1 heterocycles. The van der Waals surface area contributed by atoms with Gasteiger partial charge in [-0.25, -0.2) is 8.78 Å². The van der Waals surface area contributed by atoms with Gasteiger partial charge >= 0.3 is 0 Å². The Hall–Kier alpha value is -1.69. The number of amides is 1. The van der Waals surface area contributed by atoms with Crippen LogP contribution in [0.5, 0.6) is 5.75 Å². The molecule has 0 spiro atoms. The minimum Gasteiger partial charge on any atom is -0.497 e. The standard InChI is InChI=1S/C15H20F2N2O2/c1-4-15(2)14(20)19(9-12(16)17)13(18-15)10-5-7-11(21-3)8-6-10/h5-8,12-13,18H,4,9H2,1-3H3. The number of halogens is 2. The number of carbonyl (C=O) groups excluding carboxylic acids is 1. The summed E-state index contributed by atoms with van der Waals surface area (Å²) < 4.78 is 30.6. The van der Waals surface area contributed by atoms with Gasteiger partial charge in [0.15, 0.2) is 0 Å². The number of alkyl halides is 2. The van der Waals surface area contributed by atoms with Gasteiger partial charge in [0, 0.05) is 0 Å². The van der Waals surface area contributed by atoms with Gasteiger partial charge in [0.2, 0.25) is 5.91 Å². The first-order valence-electron chi connectivity index (χ1n) is 6.92. The maximum atomic E-state index is 12.8. The van der Waals surface area contributed by atoms with E-state index in [1.807, 2.05) is 6.92 Å². The first-order chi connectivity index (χ1) is 9.91. The molecule has 1 N–H and O–H groups in total. The molecule has 1 aliphatic heterocycles. The van der Waals surface area contributed by atoms with Crippen molar-refractivity contribution >= 4 is 5.91 Å². The largest absolute Gasteiger partial charge is 0.497 e. The van der Waals surface area contributed by atoms with Crippen LogP contribution in [0, 0.1) is 0 Å². The molecule has 2 rings (SSSR count). The van der Waals surface area contributed by atoms with Crippen LogP contribution in [0.1, 0.15) is 32.0 Å². The fourth-order valence-electron chi connectivity index (χ4n) is 2.52. The number of hydrogen-bond donors (Lipinski definition) is 1. The van der Waals surface area contributed by atoms with Crippen molar-refractivity contribution in [3.63, 3.8) is 0 Å². The zero-order valence-corrected chi connectivity index (χ0v) is 12.4. The third kappa shape index (κ3) is 3.00. The van der Waals surface area contributed by atoms with Gasteiger partial charge in [-0.15, -0.1) is 0 Å². The quantitative estimate of drug-likeness (QED) is 0.908. The summed E-state index contributed by atoms with van der Waals surface area (Å²) in [7, 11) is 1.56. The smallest absolute Gasteiger partial charge is 0.255 e. The minimum absolute atomic E-state index is 0.286. The predicted octanol–water partition coefficient (Wildman–Crippen LogP) is 2.56. The normalized spacial score (nSPS) is 25.7. The summed E-state index contributed by atoms with van der Waals surface area (Å²) in [5.41, 5.74) is -0.0403. The summed E-state index contributed by atoms with van der Waals surface area (Å²) in [6.45, 7) is 3.04. The lowest BCUT2D eigenvalue weighted by Gasteiger charge is -2.24. The van der Waals surface area contributed by atoms with E-state index >= 15 is 0 Å². The third-order valence-corrected chi connectivity index (χ3v) is 3.97. The van der Waals surface area contributed by atoms with Gasteiger partial charge in [-0.1, -0.05) is 19.1 Å². The average molecular weight is 298 g/mol. The van der Waals surface area contributed by atoms with E-state index in [2.05, 4.69) is 5.32 Å². The van der Waals surface area contributed by atoms with Gasteiger partial charge in [0.25, 0.3) is 6.43 Å². The Morgan fingerprint density at radius 3 is 2.48 bits per heavy atom. The zero-order valence-electron chi connectivity index (χ0n) is 12.4. The Morgan fingerprint density at radius 2 is 2.00 bits per heavy atom. The van der Waals surface area contributed by atoms with Crippen molar-refractivity contribution in [2.24, 2.45) is 0 Å². The van der Waals surface area contributed by atoms with Crippen molar-refractivity contribution < 1.29 is 18.3 Å². The van der Waals surface area contributed by atoms with Crippen molar-refractivity contribution in [1.29, 1.82) is 0 Å². The van der Waals surface area contributed by atoms with E-state index in [0.717, 1.165) is 5.56 Å². The fourth-order valence-corrected chi connectivity index (χ4v) is 2.52. The number of hydrogen-bond acceptors (Lipinski definition) is 3. The van der Waals surface area contributed by atoms with Crippen molar-refractivity contribution in [2.75, 3.05) is 13.7 Å². The summed E-state index contributed by atoms with van der Waals surface area (Å²) in [5.74, 6) is 0.396. The van der Waals surface area contributed by atoms with E-state index in [4.69, 9.17) is 4.74 Å². The van der Waals surface area contributed by atoms with Crippen LogP contribution in [-0.4, -0.2) is 36.4 Å². The molecular formula is C15H20F2N2O2. The van der Waals surface area contributed by atoms with Gasteiger partial charge in [0.05, 0.1) is 19.2 Å². The summed E-state index contributed by atoms with van der Waals surface area (Å²) in [6.07, 6.45) is -2.56. The second-order valence-electron chi connectivity index (χ2n) is 5.35. The molecule has 1 aromatic rings. The van der Waals surface area contributed by atoms with Crippen molar-refractivity contribution in [3.05, 3.63) is 29.8 Å². The molecule has 116 valence electrons. The lowest BCUT2D eigenvalue weighted by molar-refractivity contribution is -0.134. The predicted molar refractivity (Wildman–Crippen MR) is 75.3 cm³/mol.